The zero-order valence-electron chi connectivity index (χ0n) is 18.5. The number of imidazole rings is 1. The number of nitrogens with zero attached hydrogens (tertiary/aromatic N) is 4. The average molecular weight is 461 g/mol. The van der Waals surface area contributed by atoms with Crippen LogP contribution in [-0.2, 0) is 16.1 Å². The van der Waals surface area contributed by atoms with Gasteiger partial charge in [-0.15, -0.1) is 0 Å². The summed E-state index contributed by atoms with van der Waals surface area (Å²) in [6.45, 7) is 4.04. The molecular weight excluding hydrogens is 428 g/mol. The largest absolute Gasteiger partial charge is 0.483 e. The number of hydrogen-bond acceptors (Lipinski definition) is 6. The Hall–Kier alpha value is -3.47. The van der Waals surface area contributed by atoms with E-state index >= 15 is 0 Å². The molecular formula is C22H32N6O5. The summed E-state index contributed by atoms with van der Waals surface area (Å²) in [7, 11) is 0. The van der Waals surface area contributed by atoms with Crippen molar-refractivity contribution in [3.63, 3.8) is 0 Å². The van der Waals surface area contributed by atoms with E-state index in [0.717, 1.165) is 64.2 Å². The highest BCUT2D eigenvalue weighted by Crippen LogP contribution is 2.24. The van der Waals surface area contributed by atoms with Crippen LogP contribution in [0.2, 0.25) is 0 Å². The average Bonchev–Trinajstić information content (AvgIpc) is 3.37. The first kappa shape index (κ1) is 25.8. The Bertz CT molecular complexity index is 806. The fourth-order valence-electron chi connectivity index (χ4n) is 4.14. The van der Waals surface area contributed by atoms with Gasteiger partial charge in [0.1, 0.15) is 5.82 Å². The first-order valence-corrected chi connectivity index (χ1v) is 10.9. The second kappa shape index (κ2) is 14.6. The second-order valence-corrected chi connectivity index (χ2v) is 7.83. The lowest BCUT2D eigenvalue weighted by Gasteiger charge is -2.36. The van der Waals surface area contributed by atoms with Crippen molar-refractivity contribution in [2.45, 2.75) is 44.2 Å². The third-order valence-electron chi connectivity index (χ3n) is 5.66. The zero-order chi connectivity index (χ0) is 23.9. The Balaban J connectivity index is 0.000000582. The minimum atomic E-state index is -0.250. The summed E-state index contributed by atoms with van der Waals surface area (Å²) in [4.78, 5) is 45.6. The number of amides is 2. The van der Waals surface area contributed by atoms with Gasteiger partial charge in [-0.05, 0) is 37.3 Å². The molecule has 11 nitrogen and oxygen atoms in total. The highest BCUT2D eigenvalue weighted by molar-refractivity contribution is 5.74. The van der Waals surface area contributed by atoms with Crippen LogP contribution in [0.3, 0.4) is 0 Å². The van der Waals surface area contributed by atoms with Crippen LogP contribution < -0.4 is 5.32 Å². The van der Waals surface area contributed by atoms with Crippen LogP contribution in [0.25, 0.3) is 0 Å². The number of hydrogen-bond donors (Lipinski definition) is 4. The number of H-pyrrole nitrogens is 1. The molecule has 4 rings (SSSR count). The van der Waals surface area contributed by atoms with Crippen molar-refractivity contribution in [1.82, 2.24) is 30.1 Å². The zero-order valence-corrected chi connectivity index (χ0v) is 18.5. The molecule has 1 atom stereocenters. The van der Waals surface area contributed by atoms with Gasteiger partial charge in [0.25, 0.3) is 12.9 Å². The minimum Gasteiger partial charge on any atom is -0.483 e. The van der Waals surface area contributed by atoms with E-state index in [9.17, 15) is 4.79 Å². The van der Waals surface area contributed by atoms with Gasteiger partial charge in [-0.1, -0.05) is 6.07 Å². The van der Waals surface area contributed by atoms with Crippen LogP contribution in [0, 0.1) is 0 Å². The molecule has 2 amide bonds. The number of nitrogens with one attached hydrogen (secondary N) is 2. The maximum atomic E-state index is 12.7. The molecule has 2 aliphatic heterocycles. The lowest BCUT2D eigenvalue weighted by atomic mass is 9.97. The SMILES string of the molecule is O=C(NC1CCN(Cc2cccnc2)CC1)N1CCCC(c2ncc[nH]2)C1.O=CO.O=CO. The van der Waals surface area contributed by atoms with Crippen LogP contribution in [0.15, 0.2) is 36.9 Å². The van der Waals surface area contributed by atoms with E-state index in [1.54, 1.807) is 6.20 Å². The molecule has 0 aliphatic carbocycles. The molecule has 1 unspecified atom stereocenters. The van der Waals surface area contributed by atoms with Gasteiger partial charge in [-0.25, -0.2) is 9.78 Å². The third kappa shape index (κ3) is 8.89. The van der Waals surface area contributed by atoms with Gasteiger partial charge in [0.15, 0.2) is 0 Å². The molecule has 2 saturated heterocycles. The summed E-state index contributed by atoms with van der Waals surface area (Å²) in [6, 6.07) is 4.45. The predicted molar refractivity (Wildman–Crippen MR) is 121 cm³/mol. The van der Waals surface area contributed by atoms with Crippen molar-refractivity contribution in [3.8, 4) is 0 Å². The van der Waals surface area contributed by atoms with Crippen LogP contribution in [-0.4, -0.2) is 86.2 Å². The molecule has 0 bridgehead atoms. The fourth-order valence-corrected chi connectivity index (χ4v) is 4.14. The van der Waals surface area contributed by atoms with Crippen molar-refractivity contribution >= 4 is 19.0 Å². The number of rotatable bonds is 4. The Labute approximate surface area is 192 Å². The van der Waals surface area contributed by atoms with E-state index < -0.39 is 0 Å². The van der Waals surface area contributed by atoms with Gasteiger partial charge in [0.05, 0.1) is 0 Å². The first-order chi connectivity index (χ1) is 16.1. The molecule has 0 aromatic carbocycles. The summed E-state index contributed by atoms with van der Waals surface area (Å²) >= 11 is 0. The van der Waals surface area contributed by atoms with Crippen LogP contribution >= 0.6 is 0 Å². The van der Waals surface area contributed by atoms with E-state index in [4.69, 9.17) is 19.8 Å². The number of piperidine rings is 2. The Kier molecular flexibility index (Phi) is 11.4. The number of likely N-dealkylation sites (tertiary alicyclic amines) is 2. The third-order valence-corrected chi connectivity index (χ3v) is 5.66. The Morgan fingerprint density at radius 2 is 1.88 bits per heavy atom. The van der Waals surface area contributed by atoms with E-state index in [1.165, 1.54) is 5.56 Å². The van der Waals surface area contributed by atoms with Gasteiger partial charge in [-0.2, -0.15) is 0 Å². The normalized spacial score (nSPS) is 18.7. The van der Waals surface area contributed by atoms with Crippen molar-refractivity contribution in [1.29, 1.82) is 0 Å². The van der Waals surface area contributed by atoms with Gasteiger partial charge in [0.2, 0.25) is 0 Å². The monoisotopic (exact) mass is 460 g/mol. The number of pyridine rings is 1. The molecule has 0 spiro atoms. The van der Waals surface area contributed by atoms with E-state index in [2.05, 4.69) is 31.2 Å². The first-order valence-electron chi connectivity index (χ1n) is 10.9. The lowest BCUT2D eigenvalue weighted by Crippen LogP contribution is -2.51. The quantitative estimate of drug-likeness (QED) is 0.504. The Morgan fingerprint density at radius 3 is 2.48 bits per heavy atom. The fraction of sp³-hybridized carbons (Fsp3) is 0.500. The molecule has 2 aromatic rings. The minimum absolute atomic E-state index is 0.0805. The molecule has 0 radical (unpaired) electrons. The van der Waals surface area contributed by atoms with E-state index in [0.29, 0.717) is 5.92 Å². The van der Waals surface area contributed by atoms with Gasteiger partial charge < -0.3 is 25.4 Å². The second-order valence-electron chi connectivity index (χ2n) is 7.83. The number of aromatic amines is 1. The number of carbonyl (C=O) groups excluding carboxylic acids is 1. The van der Waals surface area contributed by atoms with E-state index in [1.807, 2.05) is 29.6 Å². The Morgan fingerprint density at radius 1 is 1.15 bits per heavy atom. The van der Waals surface area contributed by atoms with Crippen molar-refractivity contribution in [2.75, 3.05) is 26.2 Å². The number of carbonyl (C=O) groups is 3. The maximum Gasteiger partial charge on any atom is 0.317 e. The van der Waals surface area contributed by atoms with Crippen LogP contribution in [0.4, 0.5) is 4.79 Å². The molecule has 0 saturated carbocycles. The summed E-state index contributed by atoms with van der Waals surface area (Å²) in [6.07, 6.45) is 11.5. The molecule has 2 aliphatic rings. The molecule has 11 heteroatoms. The van der Waals surface area contributed by atoms with Gasteiger partial charge in [0, 0.05) is 69.5 Å². The molecule has 2 aromatic heterocycles. The highest BCUT2D eigenvalue weighted by Gasteiger charge is 2.28. The van der Waals surface area contributed by atoms with Crippen molar-refractivity contribution in [3.05, 3.63) is 48.3 Å². The standard InChI is InChI=1S/C20H28N6O.2CH2O2/c27-20(26-10-2-4-17(15-26)19-22-8-9-23-19)24-18-5-11-25(12-6-18)14-16-3-1-7-21-13-16;2*2-1-3/h1,3,7-9,13,17-18H,2,4-6,10-12,14-15H2,(H,22,23)(H,24,27);2*1H,(H,2,3). The van der Waals surface area contributed by atoms with Crippen LogP contribution in [0.1, 0.15) is 43.0 Å². The highest BCUT2D eigenvalue weighted by atomic mass is 16.3. The summed E-state index contributed by atoms with van der Waals surface area (Å²) in [5.74, 6) is 1.32. The topological polar surface area (TPSA) is 152 Å². The summed E-state index contributed by atoms with van der Waals surface area (Å²) in [5.41, 5.74) is 1.25. The molecule has 4 heterocycles. The number of urea groups is 1. The van der Waals surface area contributed by atoms with Crippen LogP contribution in [0.5, 0.6) is 0 Å². The van der Waals surface area contributed by atoms with Crippen molar-refractivity contribution < 1.29 is 24.6 Å². The predicted octanol–water partition coefficient (Wildman–Crippen LogP) is 1.76. The smallest absolute Gasteiger partial charge is 0.317 e. The molecule has 4 N–H and O–H groups in total. The van der Waals surface area contributed by atoms with E-state index in [-0.39, 0.29) is 25.0 Å². The molecule has 180 valence electrons. The summed E-state index contributed by atoms with van der Waals surface area (Å²) < 4.78 is 0. The molecule has 33 heavy (non-hydrogen) atoms. The summed E-state index contributed by atoms with van der Waals surface area (Å²) in [5, 5.41) is 17.0. The molecule has 2 fully saturated rings. The number of carboxylic acid groups (broad SMARTS) is 2. The number of aromatic nitrogens is 3. The van der Waals surface area contributed by atoms with Gasteiger partial charge in [-0.3, -0.25) is 19.5 Å². The lowest BCUT2D eigenvalue weighted by molar-refractivity contribution is -0.123. The maximum absolute atomic E-state index is 12.7. The van der Waals surface area contributed by atoms with Crippen molar-refractivity contribution in [2.24, 2.45) is 0 Å². The van der Waals surface area contributed by atoms with Gasteiger partial charge >= 0.3 is 6.03 Å².